The van der Waals surface area contributed by atoms with Crippen molar-refractivity contribution in [1.82, 2.24) is 0 Å². The number of nitrogens with zero attached hydrogens (tertiary/aromatic N) is 1. The van der Waals surface area contributed by atoms with Crippen LogP contribution in [0.1, 0.15) is 11.1 Å². The van der Waals surface area contributed by atoms with Gasteiger partial charge in [-0.15, -0.1) is 0 Å². The van der Waals surface area contributed by atoms with E-state index in [0.29, 0.717) is 13.0 Å². The maximum Gasteiger partial charge on any atom is 0.231 e. The summed E-state index contributed by atoms with van der Waals surface area (Å²) in [6.07, 6.45) is 0.517. The molecule has 74 valence electrons. The first-order valence-electron chi connectivity index (χ1n) is 4.59. The van der Waals surface area contributed by atoms with Gasteiger partial charge in [-0.25, -0.2) is 0 Å². The van der Waals surface area contributed by atoms with Gasteiger partial charge < -0.3 is 9.64 Å². The average molecular weight is 191 g/mol. The van der Waals surface area contributed by atoms with E-state index < -0.39 is 0 Å². The van der Waals surface area contributed by atoms with Crippen LogP contribution in [-0.2, 0) is 22.6 Å². The molecule has 1 amide bonds. The molecular formula is C11H13NO2. The highest BCUT2D eigenvalue weighted by molar-refractivity contribution is 6.00. The molecule has 1 aliphatic heterocycles. The zero-order valence-electron chi connectivity index (χ0n) is 8.41. The predicted molar refractivity (Wildman–Crippen MR) is 54.3 cm³/mol. The van der Waals surface area contributed by atoms with Crippen LogP contribution in [0.15, 0.2) is 18.2 Å². The molecule has 0 N–H and O–H groups in total. The molecule has 0 aromatic heterocycles. The van der Waals surface area contributed by atoms with Crippen LogP contribution >= 0.6 is 0 Å². The molecule has 1 heterocycles. The van der Waals surface area contributed by atoms with Gasteiger partial charge >= 0.3 is 0 Å². The van der Waals surface area contributed by atoms with Crippen LogP contribution in [0.5, 0.6) is 0 Å². The minimum Gasteiger partial charge on any atom is -0.380 e. The first kappa shape index (κ1) is 9.21. The SMILES string of the molecule is COCc1ccc2c(c1)CC(=O)N2C. The lowest BCUT2D eigenvalue weighted by molar-refractivity contribution is -0.117. The maximum atomic E-state index is 11.4. The third kappa shape index (κ3) is 1.40. The molecule has 2 rings (SSSR count). The van der Waals surface area contributed by atoms with Crippen molar-refractivity contribution in [2.24, 2.45) is 0 Å². The molecule has 0 bridgehead atoms. The van der Waals surface area contributed by atoms with Crippen LogP contribution < -0.4 is 4.90 Å². The van der Waals surface area contributed by atoms with E-state index in [1.54, 1.807) is 12.0 Å². The fraction of sp³-hybridized carbons (Fsp3) is 0.364. The van der Waals surface area contributed by atoms with Gasteiger partial charge in [0.2, 0.25) is 5.91 Å². The molecule has 1 aliphatic rings. The molecule has 3 heteroatoms. The van der Waals surface area contributed by atoms with Gasteiger partial charge in [-0.2, -0.15) is 0 Å². The number of anilines is 1. The Morgan fingerprint density at radius 2 is 2.29 bits per heavy atom. The molecule has 0 atom stereocenters. The van der Waals surface area contributed by atoms with Gasteiger partial charge in [0.1, 0.15) is 0 Å². The highest BCUT2D eigenvalue weighted by Gasteiger charge is 2.23. The third-order valence-electron chi connectivity index (χ3n) is 2.53. The number of benzene rings is 1. The number of rotatable bonds is 2. The summed E-state index contributed by atoms with van der Waals surface area (Å²) in [5, 5.41) is 0. The van der Waals surface area contributed by atoms with Crippen LogP contribution in [0.25, 0.3) is 0 Å². The van der Waals surface area contributed by atoms with E-state index >= 15 is 0 Å². The Balaban J connectivity index is 2.34. The summed E-state index contributed by atoms with van der Waals surface area (Å²) in [6, 6.07) is 6.02. The number of carbonyl (C=O) groups excluding carboxylic acids is 1. The second-order valence-corrected chi connectivity index (χ2v) is 3.53. The Bertz CT molecular complexity index is 374. The lowest BCUT2D eigenvalue weighted by Gasteiger charge is -2.10. The highest BCUT2D eigenvalue weighted by Crippen LogP contribution is 2.28. The molecule has 0 aliphatic carbocycles. The zero-order chi connectivity index (χ0) is 10.1. The van der Waals surface area contributed by atoms with E-state index in [1.807, 2.05) is 25.2 Å². The van der Waals surface area contributed by atoms with Crippen molar-refractivity contribution in [2.45, 2.75) is 13.0 Å². The molecule has 0 saturated heterocycles. The quantitative estimate of drug-likeness (QED) is 0.706. The molecule has 0 unspecified atom stereocenters. The van der Waals surface area contributed by atoms with Crippen molar-refractivity contribution in [3.8, 4) is 0 Å². The van der Waals surface area contributed by atoms with Crippen molar-refractivity contribution >= 4 is 11.6 Å². The monoisotopic (exact) mass is 191 g/mol. The number of carbonyl (C=O) groups is 1. The van der Waals surface area contributed by atoms with E-state index in [2.05, 4.69) is 0 Å². The number of ether oxygens (including phenoxy) is 1. The van der Waals surface area contributed by atoms with Gasteiger partial charge in [-0.3, -0.25) is 4.79 Å². The molecule has 1 aromatic carbocycles. The molecule has 0 fully saturated rings. The molecule has 3 nitrogen and oxygen atoms in total. The van der Waals surface area contributed by atoms with Crippen molar-refractivity contribution < 1.29 is 9.53 Å². The average Bonchev–Trinajstić information content (AvgIpc) is 2.43. The Morgan fingerprint density at radius 3 is 3.00 bits per heavy atom. The Hall–Kier alpha value is -1.35. The van der Waals surface area contributed by atoms with Crippen molar-refractivity contribution in [3.05, 3.63) is 29.3 Å². The normalized spacial score (nSPS) is 14.7. The minimum atomic E-state index is 0.162. The van der Waals surface area contributed by atoms with Crippen molar-refractivity contribution in [3.63, 3.8) is 0 Å². The van der Waals surface area contributed by atoms with Crippen molar-refractivity contribution in [2.75, 3.05) is 19.1 Å². The predicted octanol–water partition coefficient (Wildman–Crippen LogP) is 1.35. The van der Waals surface area contributed by atoms with Gasteiger partial charge in [0.25, 0.3) is 0 Å². The fourth-order valence-electron chi connectivity index (χ4n) is 1.78. The number of likely N-dealkylation sites (N-methyl/N-ethyl adjacent to an activating group) is 1. The number of hydrogen-bond acceptors (Lipinski definition) is 2. The molecule has 0 radical (unpaired) electrons. The molecule has 0 saturated carbocycles. The minimum absolute atomic E-state index is 0.162. The van der Waals surface area contributed by atoms with E-state index in [9.17, 15) is 4.79 Å². The zero-order valence-corrected chi connectivity index (χ0v) is 8.41. The topological polar surface area (TPSA) is 29.5 Å². The third-order valence-corrected chi connectivity index (χ3v) is 2.53. The van der Waals surface area contributed by atoms with Crippen LogP contribution in [0.3, 0.4) is 0 Å². The molecular weight excluding hydrogens is 178 g/mol. The molecule has 1 aromatic rings. The lowest BCUT2D eigenvalue weighted by atomic mass is 10.1. The van der Waals surface area contributed by atoms with Gasteiger partial charge in [0.15, 0.2) is 0 Å². The summed E-state index contributed by atoms with van der Waals surface area (Å²) in [5.41, 5.74) is 3.25. The van der Waals surface area contributed by atoms with Gasteiger partial charge in [-0.05, 0) is 17.2 Å². The number of methoxy groups -OCH3 is 1. The van der Waals surface area contributed by atoms with E-state index in [4.69, 9.17) is 4.74 Å². The lowest BCUT2D eigenvalue weighted by Crippen LogP contribution is -2.20. The summed E-state index contributed by atoms with van der Waals surface area (Å²) >= 11 is 0. The van der Waals surface area contributed by atoms with E-state index in [1.165, 1.54) is 0 Å². The summed E-state index contributed by atoms with van der Waals surface area (Å²) in [4.78, 5) is 13.1. The number of amides is 1. The summed E-state index contributed by atoms with van der Waals surface area (Å²) in [5.74, 6) is 0.162. The van der Waals surface area contributed by atoms with Crippen LogP contribution in [0.4, 0.5) is 5.69 Å². The molecule has 0 spiro atoms. The van der Waals surface area contributed by atoms with Crippen LogP contribution in [0.2, 0.25) is 0 Å². The Labute approximate surface area is 83.3 Å². The number of fused-ring (bicyclic) bond motifs is 1. The second kappa shape index (κ2) is 3.42. The van der Waals surface area contributed by atoms with Crippen LogP contribution in [-0.4, -0.2) is 20.1 Å². The molecule has 14 heavy (non-hydrogen) atoms. The fourth-order valence-corrected chi connectivity index (χ4v) is 1.78. The van der Waals surface area contributed by atoms with E-state index in [-0.39, 0.29) is 5.91 Å². The van der Waals surface area contributed by atoms with Crippen molar-refractivity contribution in [1.29, 1.82) is 0 Å². The first-order valence-corrected chi connectivity index (χ1v) is 4.59. The van der Waals surface area contributed by atoms with Gasteiger partial charge in [0.05, 0.1) is 13.0 Å². The first-order chi connectivity index (χ1) is 6.72. The summed E-state index contributed by atoms with van der Waals surface area (Å²) < 4.78 is 5.04. The summed E-state index contributed by atoms with van der Waals surface area (Å²) in [7, 11) is 3.48. The standard InChI is InChI=1S/C11H13NO2/c1-12-10-4-3-8(7-14-2)5-9(10)6-11(12)13/h3-5H,6-7H2,1-2H3. The number of hydrogen-bond donors (Lipinski definition) is 0. The Morgan fingerprint density at radius 1 is 1.50 bits per heavy atom. The highest BCUT2D eigenvalue weighted by atomic mass is 16.5. The second-order valence-electron chi connectivity index (χ2n) is 3.53. The summed E-state index contributed by atoms with van der Waals surface area (Å²) in [6.45, 7) is 0.602. The maximum absolute atomic E-state index is 11.4. The van der Waals surface area contributed by atoms with E-state index in [0.717, 1.165) is 16.8 Å². The Kier molecular flexibility index (Phi) is 2.25. The smallest absolute Gasteiger partial charge is 0.231 e. The van der Waals surface area contributed by atoms with Crippen LogP contribution in [0, 0.1) is 0 Å². The van der Waals surface area contributed by atoms with Gasteiger partial charge in [0, 0.05) is 19.8 Å². The van der Waals surface area contributed by atoms with Gasteiger partial charge in [-0.1, -0.05) is 12.1 Å². The largest absolute Gasteiger partial charge is 0.380 e.